The second-order valence-corrected chi connectivity index (χ2v) is 7.05. The number of benzene rings is 2. The van der Waals surface area contributed by atoms with Gasteiger partial charge in [-0.15, -0.1) is 0 Å². The van der Waals surface area contributed by atoms with Crippen molar-refractivity contribution in [2.45, 2.75) is 31.4 Å². The molecule has 0 aliphatic carbocycles. The number of ether oxygens (including phenoxy) is 1. The van der Waals surface area contributed by atoms with Crippen LogP contribution in [0.3, 0.4) is 0 Å². The van der Waals surface area contributed by atoms with Crippen molar-refractivity contribution in [3.05, 3.63) is 54.1 Å². The molecule has 3 aromatic rings. The summed E-state index contributed by atoms with van der Waals surface area (Å²) in [5.74, 6) is 0.696. The molecule has 0 saturated heterocycles. The van der Waals surface area contributed by atoms with Crippen LogP contribution in [0.15, 0.2) is 63.3 Å². The Balaban J connectivity index is 1.48. The van der Waals surface area contributed by atoms with E-state index >= 15 is 0 Å². The van der Waals surface area contributed by atoms with Gasteiger partial charge >= 0.3 is 0 Å². The van der Waals surface area contributed by atoms with Crippen molar-refractivity contribution in [3.8, 4) is 5.75 Å². The minimum atomic E-state index is -0.232. The first kappa shape index (κ1) is 19.9. The SMILES string of the molecule is CCCCCOc1ccccc1/C=N\NC(=O)CSc1nc2ccccc2o1. The van der Waals surface area contributed by atoms with Gasteiger partial charge in [-0.05, 0) is 30.7 Å². The van der Waals surface area contributed by atoms with E-state index < -0.39 is 0 Å². The fourth-order valence-electron chi connectivity index (χ4n) is 2.50. The van der Waals surface area contributed by atoms with E-state index in [0.29, 0.717) is 17.4 Å². The van der Waals surface area contributed by atoms with E-state index in [1.807, 2.05) is 48.5 Å². The number of carbonyl (C=O) groups excluding carboxylic acids is 1. The summed E-state index contributed by atoms with van der Waals surface area (Å²) < 4.78 is 11.4. The van der Waals surface area contributed by atoms with Gasteiger partial charge in [-0.1, -0.05) is 55.8 Å². The fraction of sp³-hybridized carbons (Fsp3) is 0.286. The number of fused-ring (bicyclic) bond motifs is 1. The summed E-state index contributed by atoms with van der Waals surface area (Å²) in [6.45, 7) is 2.83. The quantitative estimate of drug-likeness (QED) is 0.233. The molecule has 2 aromatic carbocycles. The number of nitrogens with one attached hydrogen (secondary N) is 1. The van der Waals surface area contributed by atoms with Crippen LogP contribution in [-0.2, 0) is 4.79 Å². The lowest BCUT2D eigenvalue weighted by Crippen LogP contribution is -2.19. The maximum atomic E-state index is 12.0. The van der Waals surface area contributed by atoms with Crippen molar-refractivity contribution in [2.24, 2.45) is 5.10 Å². The molecule has 28 heavy (non-hydrogen) atoms. The third kappa shape index (κ3) is 5.85. The van der Waals surface area contributed by atoms with Crippen LogP contribution in [0.4, 0.5) is 0 Å². The normalized spacial score (nSPS) is 11.2. The van der Waals surface area contributed by atoms with Crippen LogP contribution in [0.2, 0.25) is 0 Å². The highest BCUT2D eigenvalue weighted by molar-refractivity contribution is 7.99. The zero-order chi connectivity index (χ0) is 19.6. The Morgan fingerprint density at radius 1 is 1.21 bits per heavy atom. The van der Waals surface area contributed by atoms with Gasteiger partial charge in [0.25, 0.3) is 11.1 Å². The van der Waals surface area contributed by atoms with Gasteiger partial charge in [0.05, 0.1) is 18.6 Å². The van der Waals surface area contributed by atoms with E-state index in [-0.39, 0.29) is 11.7 Å². The van der Waals surface area contributed by atoms with Crippen LogP contribution in [0.5, 0.6) is 5.75 Å². The molecule has 1 heterocycles. The number of aromatic nitrogens is 1. The minimum Gasteiger partial charge on any atom is -0.493 e. The predicted octanol–water partition coefficient (Wildman–Crippen LogP) is 4.64. The zero-order valence-corrected chi connectivity index (χ0v) is 16.6. The second kappa shape index (κ2) is 10.5. The van der Waals surface area contributed by atoms with E-state index in [0.717, 1.165) is 36.1 Å². The molecule has 6 nitrogen and oxygen atoms in total. The van der Waals surface area contributed by atoms with Crippen molar-refractivity contribution < 1.29 is 13.9 Å². The van der Waals surface area contributed by atoms with Crippen LogP contribution >= 0.6 is 11.8 Å². The molecular weight excluding hydrogens is 374 g/mol. The van der Waals surface area contributed by atoms with Gasteiger partial charge in [-0.25, -0.2) is 10.4 Å². The monoisotopic (exact) mass is 397 g/mol. The lowest BCUT2D eigenvalue weighted by atomic mass is 10.2. The van der Waals surface area contributed by atoms with Gasteiger partial charge in [-0.3, -0.25) is 4.79 Å². The third-order valence-corrected chi connectivity index (χ3v) is 4.75. The summed E-state index contributed by atoms with van der Waals surface area (Å²) in [5.41, 5.74) is 4.83. The highest BCUT2D eigenvalue weighted by Crippen LogP contribution is 2.22. The van der Waals surface area contributed by atoms with Crippen LogP contribution in [0.25, 0.3) is 11.1 Å². The maximum absolute atomic E-state index is 12.0. The maximum Gasteiger partial charge on any atom is 0.257 e. The molecule has 146 valence electrons. The van der Waals surface area contributed by atoms with Gasteiger partial charge in [0.2, 0.25) is 0 Å². The summed E-state index contributed by atoms with van der Waals surface area (Å²) in [5, 5.41) is 4.50. The first-order valence-electron chi connectivity index (χ1n) is 9.28. The molecule has 1 amide bonds. The van der Waals surface area contributed by atoms with Crippen molar-refractivity contribution in [2.75, 3.05) is 12.4 Å². The summed E-state index contributed by atoms with van der Waals surface area (Å²) in [6, 6.07) is 15.1. The van der Waals surface area contributed by atoms with E-state index in [1.165, 1.54) is 11.8 Å². The molecule has 0 atom stereocenters. The highest BCUT2D eigenvalue weighted by atomic mass is 32.2. The van der Waals surface area contributed by atoms with E-state index in [9.17, 15) is 4.79 Å². The number of rotatable bonds is 10. The topological polar surface area (TPSA) is 76.7 Å². The molecule has 1 aromatic heterocycles. The number of unbranched alkanes of at least 4 members (excludes halogenated alkanes) is 2. The van der Waals surface area contributed by atoms with Crippen molar-refractivity contribution in [1.82, 2.24) is 10.4 Å². The van der Waals surface area contributed by atoms with Gasteiger partial charge in [0.1, 0.15) is 11.3 Å². The van der Waals surface area contributed by atoms with Crippen LogP contribution in [0, 0.1) is 0 Å². The number of nitrogens with zero attached hydrogens (tertiary/aromatic N) is 2. The Kier molecular flexibility index (Phi) is 7.49. The molecule has 0 aliphatic heterocycles. The molecule has 0 saturated carbocycles. The molecule has 0 fully saturated rings. The van der Waals surface area contributed by atoms with Gasteiger partial charge < -0.3 is 9.15 Å². The lowest BCUT2D eigenvalue weighted by molar-refractivity contribution is -0.118. The average molecular weight is 398 g/mol. The van der Waals surface area contributed by atoms with Crippen molar-refractivity contribution in [1.29, 1.82) is 0 Å². The summed E-state index contributed by atoms with van der Waals surface area (Å²) in [7, 11) is 0. The number of thioether (sulfide) groups is 1. The summed E-state index contributed by atoms with van der Waals surface area (Å²) in [4.78, 5) is 16.3. The molecule has 0 spiro atoms. The Labute approximate surface area is 168 Å². The average Bonchev–Trinajstić information content (AvgIpc) is 3.14. The molecule has 1 N–H and O–H groups in total. The fourth-order valence-corrected chi connectivity index (χ4v) is 3.13. The Bertz CT molecular complexity index is 906. The largest absolute Gasteiger partial charge is 0.493 e. The number of hydrazone groups is 1. The minimum absolute atomic E-state index is 0.166. The van der Waals surface area contributed by atoms with Crippen LogP contribution < -0.4 is 10.2 Å². The Morgan fingerprint density at radius 3 is 2.89 bits per heavy atom. The van der Waals surface area contributed by atoms with E-state index in [4.69, 9.17) is 9.15 Å². The molecule has 0 bridgehead atoms. The van der Waals surface area contributed by atoms with Crippen molar-refractivity contribution >= 4 is 35.0 Å². The first-order chi connectivity index (χ1) is 13.8. The van der Waals surface area contributed by atoms with Crippen molar-refractivity contribution in [3.63, 3.8) is 0 Å². The number of para-hydroxylation sites is 3. The van der Waals surface area contributed by atoms with Crippen LogP contribution in [-0.4, -0.2) is 29.5 Å². The molecule has 7 heteroatoms. The lowest BCUT2D eigenvalue weighted by Gasteiger charge is -2.08. The second-order valence-electron chi connectivity index (χ2n) is 6.12. The number of carbonyl (C=O) groups is 1. The van der Waals surface area contributed by atoms with Gasteiger partial charge in [0, 0.05) is 5.56 Å². The zero-order valence-electron chi connectivity index (χ0n) is 15.8. The molecule has 0 aliphatic rings. The Morgan fingerprint density at radius 2 is 2.04 bits per heavy atom. The highest BCUT2D eigenvalue weighted by Gasteiger charge is 2.08. The number of hydrogen-bond donors (Lipinski definition) is 1. The smallest absolute Gasteiger partial charge is 0.257 e. The van der Waals surface area contributed by atoms with Gasteiger partial charge in [-0.2, -0.15) is 5.10 Å². The van der Waals surface area contributed by atoms with Crippen LogP contribution in [0.1, 0.15) is 31.7 Å². The third-order valence-electron chi connectivity index (χ3n) is 3.92. The summed E-state index contributed by atoms with van der Waals surface area (Å²) in [6.07, 6.45) is 4.91. The number of hydrogen-bond acceptors (Lipinski definition) is 6. The molecule has 0 unspecified atom stereocenters. The number of amides is 1. The molecular formula is C21H23N3O3S. The number of oxazole rings is 1. The molecule has 0 radical (unpaired) electrons. The standard InChI is InChI=1S/C21H23N3O3S/c1-2-3-8-13-26-18-11-6-4-9-16(18)14-22-24-20(25)15-28-21-23-17-10-5-7-12-19(17)27-21/h4-7,9-12,14H,2-3,8,13,15H2,1H3,(H,24,25)/b22-14-. The summed E-state index contributed by atoms with van der Waals surface area (Å²) >= 11 is 1.23. The predicted molar refractivity (Wildman–Crippen MR) is 112 cm³/mol. The van der Waals surface area contributed by atoms with E-state index in [1.54, 1.807) is 6.21 Å². The Hall–Kier alpha value is -2.80. The molecule has 3 rings (SSSR count). The van der Waals surface area contributed by atoms with Gasteiger partial charge in [0.15, 0.2) is 5.58 Å². The first-order valence-corrected chi connectivity index (χ1v) is 10.3. The van der Waals surface area contributed by atoms with E-state index in [2.05, 4.69) is 22.4 Å².